The molecular formula is C15H21NO2. The van der Waals surface area contributed by atoms with E-state index in [-0.39, 0.29) is 5.75 Å². The third kappa shape index (κ3) is 2.38. The summed E-state index contributed by atoms with van der Waals surface area (Å²) in [6.45, 7) is 2.22. The molecule has 3 rings (SSSR count). The molecule has 18 heavy (non-hydrogen) atoms. The lowest BCUT2D eigenvalue weighted by molar-refractivity contribution is -0.0354. The van der Waals surface area contributed by atoms with E-state index < -0.39 is 5.60 Å². The molecule has 2 N–H and O–H groups in total. The summed E-state index contributed by atoms with van der Waals surface area (Å²) >= 11 is 0. The van der Waals surface area contributed by atoms with E-state index in [0.717, 1.165) is 24.9 Å². The Kier molecular flexibility index (Phi) is 3.04. The van der Waals surface area contributed by atoms with Crippen molar-refractivity contribution in [1.29, 1.82) is 0 Å². The molecule has 2 atom stereocenters. The van der Waals surface area contributed by atoms with Gasteiger partial charge in [-0.2, -0.15) is 0 Å². The molecule has 0 spiro atoms. The molecule has 2 unspecified atom stereocenters. The molecule has 0 aromatic heterocycles. The summed E-state index contributed by atoms with van der Waals surface area (Å²) in [7, 11) is 0. The highest BCUT2D eigenvalue weighted by Crippen LogP contribution is 2.35. The smallest absolute Gasteiger partial charge is 0.115 e. The van der Waals surface area contributed by atoms with Crippen LogP contribution in [0.3, 0.4) is 0 Å². The number of phenols is 1. The number of piperidine rings is 1. The fourth-order valence-electron chi connectivity index (χ4n) is 3.52. The van der Waals surface area contributed by atoms with Crippen LogP contribution in [0, 0.1) is 0 Å². The normalized spacial score (nSPS) is 32.4. The molecule has 0 saturated carbocycles. The minimum atomic E-state index is -0.584. The van der Waals surface area contributed by atoms with Crippen LogP contribution in [0.25, 0.3) is 0 Å². The van der Waals surface area contributed by atoms with E-state index in [0.29, 0.717) is 12.5 Å². The maximum atomic E-state index is 10.8. The minimum Gasteiger partial charge on any atom is -0.508 e. The van der Waals surface area contributed by atoms with Gasteiger partial charge in [-0.05, 0) is 49.9 Å². The van der Waals surface area contributed by atoms with Gasteiger partial charge in [0, 0.05) is 19.0 Å². The van der Waals surface area contributed by atoms with Crippen molar-refractivity contribution in [3.8, 4) is 5.75 Å². The van der Waals surface area contributed by atoms with E-state index >= 15 is 0 Å². The zero-order valence-corrected chi connectivity index (χ0v) is 10.7. The number of hydrogen-bond donors (Lipinski definition) is 2. The highest BCUT2D eigenvalue weighted by atomic mass is 16.3. The fourth-order valence-corrected chi connectivity index (χ4v) is 3.52. The number of nitrogens with zero attached hydrogens (tertiary/aromatic N) is 1. The number of rotatable bonds is 2. The molecule has 0 radical (unpaired) electrons. The average Bonchev–Trinajstić information content (AvgIpc) is 2.75. The fraction of sp³-hybridized carbons (Fsp3) is 0.600. The van der Waals surface area contributed by atoms with Crippen molar-refractivity contribution in [3.63, 3.8) is 0 Å². The second-order valence-electron chi connectivity index (χ2n) is 5.86. The number of fused-ring (bicyclic) bond motifs is 1. The van der Waals surface area contributed by atoms with E-state index in [4.69, 9.17) is 0 Å². The van der Waals surface area contributed by atoms with Crippen LogP contribution in [-0.4, -0.2) is 39.8 Å². The zero-order valence-electron chi connectivity index (χ0n) is 10.7. The molecule has 2 saturated heterocycles. The summed E-state index contributed by atoms with van der Waals surface area (Å²) in [4.78, 5) is 2.51. The van der Waals surface area contributed by atoms with E-state index in [1.807, 2.05) is 12.1 Å². The van der Waals surface area contributed by atoms with E-state index in [1.54, 1.807) is 12.1 Å². The van der Waals surface area contributed by atoms with Crippen LogP contribution in [0.1, 0.15) is 31.2 Å². The van der Waals surface area contributed by atoms with Crippen molar-refractivity contribution in [2.24, 2.45) is 0 Å². The van der Waals surface area contributed by atoms with Gasteiger partial charge in [0.25, 0.3) is 0 Å². The van der Waals surface area contributed by atoms with Crippen molar-refractivity contribution in [1.82, 2.24) is 4.90 Å². The van der Waals surface area contributed by atoms with Gasteiger partial charge in [0.05, 0.1) is 5.60 Å². The van der Waals surface area contributed by atoms with Crippen LogP contribution >= 0.6 is 0 Å². The minimum absolute atomic E-state index is 0.286. The predicted octanol–water partition coefficient (Wildman–Crippen LogP) is 1.92. The quantitative estimate of drug-likeness (QED) is 0.839. The first-order valence-electron chi connectivity index (χ1n) is 6.89. The van der Waals surface area contributed by atoms with Gasteiger partial charge in [-0.1, -0.05) is 12.1 Å². The number of aromatic hydroxyl groups is 1. The van der Waals surface area contributed by atoms with Crippen molar-refractivity contribution in [2.45, 2.75) is 43.7 Å². The molecule has 98 valence electrons. The summed E-state index contributed by atoms with van der Waals surface area (Å²) in [5, 5.41) is 20.2. The lowest BCUT2D eigenvalue weighted by atomic mass is 9.82. The van der Waals surface area contributed by atoms with Crippen molar-refractivity contribution in [3.05, 3.63) is 29.8 Å². The summed E-state index contributed by atoms with van der Waals surface area (Å²) < 4.78 is 0. The van der Waals surface area contributed by atoms with Crippen LogP contribution in [-0.2, 0) is 6.42 Å². The third-order valence-electron chi connectivity index (χ3n) is 4.42. The van der Waals surface area contributed by atoms with Crippen molar-refractivity contribution >= 4 is 0 Å². The monoisotopic (exact) mass is 247 g/mol. The van der Waals surface area contributed by atoms with Gasteiger partial charge >= 0.3 is 0 Å². The van der Waals surface area contributed by atoms with E-state index in [2.05, 4.69) is 4.90 Å². The topological polar surface area (TPSA) is 43.7 Å². The van der Waals surface area contributed by atoms with Crippen molar-refractivity contribution in [2.75, 3.05) is 13.1 Å². The Morgan fingerprint density at radius 1 is 1.33 bits per heavy atom. The summed E-state index contributed by atoms with van der Waals surface area (Å²) in [6, 6.07) is 7.84. The Labute approximate surface area is 108 Å². The predicted molar refractivity (Wildman–Crippen MR) is 70.6 cm³/mol. The first kappa shape index (κ1) is 12.0. The molecule has 2 fully saturated rings. The van der Waals surface area contributed by atoms with E-state index in [1.165, 1.54) is 19.4 Å². The van der Waals surface area contributed by atoms with Gasteiger partial charge in [-0.15, -0.1) is 0 Å². The van der Waals surface area contributed by atoms with Gasteiger partial charge in [-0.25, -0.2) is 0 Å². The maximum absolute atomic E-state index is 10.8. The largest absolute Gasteiger partial charge is 0.508 e. The van der Waals surface area contributed by atoms with Gasteiger partial charge < -0.3 is 15.1 Å². The summed E-state index contributed by atoms with van der Waals surface area (Å²) in [5.74, 6) is 0.286. The summed E-state index contributed by atoms with van der Waals surface area (Å²) in [5.41, 5.74) is 0.447. The molecular weight excluding hydrogens is 226 g/mol. The molecule has 3 heteroatoms. The first-order chi connectivity index (χ1) is 8.65. The molecule has 1 aromatic rings. The SMILES string of the molecule is Oc1cccc(CC2(O)CCN3CCCC3C2)c1. The van der Waals surface area contributed by atoms with Crippen LogP contribution in [0.15, 0.2) is 24.3 Å². The Bertz CT molecular complexity index is 434. The van der Waals surface area contributed by atoms with E-state index in [9.17, 15) is 10.2 Å². The molecule has 0 amide bonds. The third-order valence-corrected chi connectivity index (χ3v) is 4.42. The van der Waals surface area contributed by atoms with Gasteiger partial charge in [-0.3, -0.25) is 0 Å². The molecule has 0 aliphatic carbocycles. The standard InChI is InChI=1S/C15H21NO2/c17-14-5-1-3-12(9-14)10-15(18)6-8-16-7-2-4-13(16)11-15/h1,3,5,9,13,17-18H,2,4,6-8,10-11H2. The highest BCUT2D eigenvalue weighted by molar-refractivity contribution is 5.28. The Hall–Kier alpha value is -1.06. The average molecular weight is 247 g/mol. The van der Waals surface area contributed by atoms with Gasteiger partial charge in [0.15, 0.2) is 0 Å². The van der Waals surface area contributed by atoms with Crippen LogP contribution < -0.4 is 0 Å². The number of phenolic OH excluding ortho intramolecular Hbond substituents is 1. The van der Waals surface area contributed by atoms with Gasteiger partial charge in [0.2, 0.25) is 0 Å². The molecule has 2 heterocycles. The van der Waals surface area contributed by atoms with Crippen LogP contribution in [0.4, 0.5) is 0 Å². The lowest BCUT2D eigenvalue weighted by Crippen LogP contribution is -2.48. The zero-order chi connectivity index (χ0) is 12.6. The first-order valence-corrected chi connectivity index (χ1v) is 6.89. The Balaban J connectivity index is 1.71. The second-order valence-corrected chi connectivity index (χ2v) is 5.86. The van der Waals surface area contributed by atoms with Crippen molar-refractivity contribution < 1.29 is 10.2 Å². The van der Waals surface area contributed by atoms with Crippen LogP contribution in [0.2, 0.25) is 0 Å². The second kappa shape index (κ2) is 4.56. The highest BCUT2D eigenvalue weighted by Gasteiger charge is 2.39. The molecule has 1 aromatic carbocycles. The van der Waals surface area contributed by atoms with Crippen LogP contribution in [0.5, 0.6) is 5.75 Å². The Morgan fingerprint density at radius 3 is 3.06 bits per heavy atom. The molecule has 0 bridgehead atoms. The summed E-state index contributed by atoms with van der Waals surface area (Å²) in [6.07, 6.45) is 4.88. The number of hydrogen-bond acceptors (Lipinski definition) is 3. The Morgan fingerprint density at radius 2 is 2.22 bits per heavy atom. The molecule has 2 aliphatic heterocycles. The number of aliphatic hydroxyl groups is 1. The molecule has 2 aliphatic rings. The lowest BCUT2D eigenvalue weighted by Gasteiger charge is -2.41. The van der Waals surface area contributed by atoms with Gasteiger partial charge in [0.1, 0.15) is 5.75 Å². The maximum Gasteiger partial charge on any atom is 0.115 e. The number of benzene rings is 1. The molecule has 3 nitrogen and oxygen atoms in total.